The number of nitrogens with zero attached hydrogens (tertiary/aromatic N) is 3. The molecule has 0 radical (unpaired) electrons. The van der Waals surface area contributed by atoms with Crippen LogP contribution in [0.25, 0.3) is 10.9 Å². The summed E-state index contributed by atoms with van der Waals surface area (Å²) < 4.78 is 13.8. The summed E-state index contributed by atoms with van der Waals surface area (Å²) in [5.41, 5.74) is 7.44. The van der Waals surface area contributed by atoms with E-state index in [0.717, 1.165) is 38.2 Å². The number of quaternary nitrogens is 1. The largest absolute Gasteiger partial charge is 0.464 e. The van der Waals surface area contributed by atoms with E-state index in [9.17, 15) is 9.59 Å². The highest BCUT2D eigenvalue weighted by Gasteiger charge is 2.34. The van der Waals surface area contributed by atoms with E-state index in [1.807, 2.05) is 27.0 Å². The number of hydrogen-bond acceptors (Lipinski definition) is 5. The minimum absolute atomic E-state index is 0.103. The molecule has 3 heterocycles. The molecule has 38 heavy (non-hydrogen) atoms. The molecule has 2 atom stereocenters. The molecule has 1 aliphatic heterocycles. The zero-order valence-corrected chi connectivity index (χ0v) is 23.5. The maximum Gasteiger partial charge on any atom is 0.412 e. The second-order valence-electron chi connectivity index (χ2n) is 11.1. The number of fused-ring (bicyclic) bond motifs is 3. The number of esters is 1. The Kier molecular flexibility index (Phi) is 8.41. The number of benzene rings is 1. The van der Waals surface area contributed by atoms with E-state index in [1.165, 1.54) is 33.3 Å². The predicted octanol–water partition coefficient (Wildman–Crippen LogP) is 4.67. The lowest BCUT2D eigenvalue weighted by molar-refractivity contribution is -0.940. The van der Waals surface area contributed by atoms with Crippen LogP contribution in [0, 0.1) is 19.8 Å². The fourth-order valence-electron chi connectivity index (χ4n) is 5.26. The van der Waals surface area contributed by atoms with Crippen molar-refractivity contribution in [3.8, 4) is 0 Å². The summed E-state index contributed by atoms with van der Waals surface area (Å²) in [5, 5.41) is 3.97. The second kappa shape index (κ2) is 11.6. The Bertz CT molecular complexity index is 1300. The van der Waals surface area contributed by atoms with Gasteiger partial charge < -0.3 is 19.4 Å². The Balaban J connectivity index is 1.49. The van der Waals surface area contributed by atoms with Crippen molar-refractivity contribution >= 4 is 23.0 Å². The van der Waals surface area contributed by atoms with Crippen molar-refractivity contribution in [3.63, 3.8) is 0 Å². The van der Waals surface area contributed by atoms with Gasteiger partial charge >= 0.3 is 12.1 Å². The summed E-state index contributed by atoms with van der Waals surface area (Å²) in [5.74, 6) is -0.541. The number of nitrogens with one attached hydrogen (secondary N) is 1. The van der Waals surface area contributed by atoms with E-state index in [1.54, 1.807) is 6.92 Å². The molecule has 1 N–H and O–H groups in total. The third-order valence-electron chi connectivity index (χ3n) is 7.45. The van der Waals surface area contributed by atoms with Crippen LogP contribution in [0.4, 0.5) is 4.79 Å². The summed E-state index contributed by atoms with van der Waals surface area (Å²) in [6.45, 7) is 12.6. The third-order valence-corrected chi connectivity index (χ3v) is 7.45. The molecule has 0 spiro atoms. The molecule has 204 valence electrons. The number of aromatic nitrogens is 2. The fourth-order valence-corrected chi connectivity index (χ4v) is 5.26. The maximum absolute atomic E-state index is 12.6. The van der Waals surface area contributed by atoms with Crippen LogP contribution >= 0.6 is 0 Å². The number of ether oxygens (including phenoxy) is 2. The zero-order chi connectivity index (χ0) is 27.4. The van der Waals surface area contributed by atoms with Gasteiger partial charge in [0.05, 0.1) is 20.2 Å². The molecule has 1 amide bonds. The van der Waals surface area contributed by atoms with Gasteiger partial charge in [-0.05, 0) is 56.9 Å². The molecule has 2 aromatic heterocycles. The molecule has 8 heteroatoms. The third kappa shape index (κ3) is 6.18. The number of carbonyl (C=O) groups is 2. The number of amides is 1. The smallest absolute Gasteiger partial charge is 0.412 e. The van der Waals surface area contributed by atoms with Crippen LogP contribution in [0.1, 0.15) is 48.8 Å². The van der Waals surface area contributed by atoms with Crippen LogP contribution in [0.5, 0.6) is 0 Å². The lowest BCUT2D eigenvalue weighted by Gasteiger charge is -2.37. The molecule has 1 aromatic carbocycles. The van der Waals surface area contributed by atoms with Crippen LogP contribution in [0.2, 0.25) is 0 Å². The quantitative estimate of drug-likeness (QED) is 0.327. The lowest BCUT2D eigenvalue weighted by atomic mass is 10.0. The van der Waals surface area contributed by atoms with Crippen LogP contribution in [-0.4, -0.2) is 59.1 Å². The summed E-state index contributed by atoms with van der Waals surface area (Å²) in [6.07, 6.45) is 3.20. The minimum Gasteiger partial charge on any atom is -0.464 e. The normalized spacial score (nSPS) is 17.8. The van der Waals surface area contributed by atoms with Gasteiger partial charge in [-0.1, -0.05) is 31.5 Å². The van der Waals surface area contributed by atoms with Crippen molar-refractivity contribution < 1.29 is 23.5 Å². The van der Waals surface area contributed by atoms with Crippen molar-refractivity contribution in [1.29, 1.82) is 0 Å². The monoisotopic (exact) mass is 521 g/mol. The van der Waals surface area contributed by atoms with E-state index in [4.69, 9.17) is 9.47 Å². The van der Waals surface area contributed by atoms with Gasteiger partial charge in [-0.25, -0.2) is 9.59 Å². The number of carbonyl (C=O) groups excluding carboxylic acids is 2. The molecule has 0 fully saturated rings. The standard InChI is InChI=1S/C30H40N4O4/c1-7-37-29(35)28(20(2)3)32-30(36)38-19-34(6)15-13-27-25(18-34)24-16-21(4)8-11-26(24)33(27)14-12-23-10-9-22(5)31-17-23/h8-11,16-17,20,28H,7,12-15,18-19H2,1-6H3/p+1. The number of likely N-dealkylation sites (N-methyl/N-ethyl adjacent to an activating group) is 1. The van der Waals surface area contributed by atoms with Gasteiger partial charge in [-0.2, -0.15) is 0 Å². The molecular weight excluding hydrogens is 480 g/mol. The molecule has 0 aliphatic carbocycles. The average molecular weight is 522 g/mol. The van der Waals surface area contributed by atoms with Gasteiger partial charge in [0.25, 0.3) is 0 Å². The number of alkyl carbamates (subject to hydrolysis) is 1. The van der Waals surface area contributed by atoms with Gasteiger partial charge in [0.15, 0.2) is 0 Å². The van der Waals surface area contributed by atoms with Crippen LogP contribution in [0.15, 0.2) is 36.5 Å². The Morgan fingerprint density at radius 3 is 2.63 bits per heavy atom. The van der Waals surface area contributed by atoms with E-state index in [0.29, 0.717) is 4.48 Å². The predicted molar refractivity (Wildman–Crippen MR) is 148 cm³/mol. The topological polar surface area (TPSA) is 82.5 Å². The zero-order valence-electron chi connectivity index (χ0n) is 23.5. The van der Waals surface area contributed by atoms with Gasteiger partial charge in [0, 0.05) is 47.0 Å². The SMILES string of the molecule is CCOC(=O)C(NC(=O)OC[N+]1(C)CCc2c(c3cc(C)ccc3n2CCc2ccc(C)nc2)C1)C(C)C. The molecule has 0 bridgehead atoms. The summed E-state index contributed by atoms with van der Waals surface area (Å²) in [6, 6.07) is 10.2. The lowest BCUT2D eigenvalue weighted by Crippen LogP contribution is -2.51. The first-order chi connectivity index (χ1) is 18.1. The van der Waals surface area contributed by atoms with E-state index in [2.05, 4.69) is 59.2 Å². The Hall–Kier alpha value is -3.39. The molecule has 0 saturated heterocycles. The summed E-state index contributed by atoms with van der Waals surface area (Å²) in [4.78, 5) is 29.3. The summed E-state index contributed by atoms with van der Waals surface area (Å²) >= 11 is 0. The summed E-state index contributed by atoms with van der Waals surface area (Å²) in [7, 11) is 2.12. The highest BCUT2D eigenvalue weighted by atomic mass is 16.6. The number of aryl methyl sites for hydroxylation is 4. The minimum atomic E-state index is -0.731. The molecule has 3 aromatic rings. The number of hydrogen-bond donors (Lipinski definition) is 1. The number of pyridine rings is 1. The number of rotatable bonds is 9. The Labute approximate surface area is 225 Å². The fraction of sp³-hybridized carbons (Fsp3) is 0.500. The molecule has 0 saturated carbocycles. The van der Waals surface area contributed by atoms with Crippen molar-refractivity contribution in [2.45, 2.75) is 66.6 Å². The van der Waals surface area contributed by atoms with Crippen molar-refractivity contribution in [2.24, 2.45) is 5.92 Å². The van der Waals surface area contributed by atoms with E-state index in [-0.39, 0.29) is 19.3 Å². The van der Waals surface area contributed by atoms with E-state index < -0.39 is 18.1 Å². The Morgan fingerprint density at radius 1 is 1.16 bits per heavy atom. The molecule has 1 aliphatic rings. The molecular formula is C30H41N4O4+. The highest BCUT2D eigenvalue weighted by Crippen LogP contribution is 2.34. The van der Waals surface area contributed by atoms with Gasteiger partial charge in [-0.3, -0.25) is 9.47 Å². The molecule has 2 unspecified atom stereocenters. The van der Waals surface area contributed by atoms with E-state index >= 15 is 0 Å². The first-order valence-corrected chi connectivity index (χ1v) is 13.6. The second-order valence-corrected chi connectivity index (χ2v) is 11.1. The van der Waals surface area contributed by atoms with Crippen LogP contribution in [0.3, 0.4) is 0 Å². The average Bonchev–Trinajstić information content (AvgIpc) is 3.17. The molecule has 4 rings (SSSR count). The van der Waals surface area contributed by atoms with Gasteiger partial charge in [0.1, 0.15) is 12.6 Å². The molecule has 8 nitrogen and oxygen atoms in total. The van der Waals surface area contributed by atoms with Gasteiger partial charge in [0.2, 0.25) is 6.73 Å². The van der Waals surface area contributed by atoms with Gasteiger partial charge in [-0.15, -0.1) is 0 Å². The first kappa shape index (κ1) is 27.6. The van der Waals surface area contributed by atoms with Crippen molar-refractivity contribution in [2.75, 3.05) is 26.9 Å². The Morgan fingerprint density at radius 2 is 1.95 bits per heavy atom. The van der Waals surface area contributed by atoms with Crippen LogP contribution in [-0.2, 0) is 40.2 Å². The van der Waals surface area contributed by atoms with Crippen molar-refractivity contribution in [3.05, 3.63) is 64.6 Å². The highest BCUT2D eigenvalue weighted by molar-refractivity contribution is 5.86. The first-order valence-electron chi connectivity index (χ1n) is 13.6. The van der Waals surface area contributed by atoms with Crippen LogP contribution < -0.4 is 5.32 Å². The van der Waals surface area contributed by atoms with Crippen molar-refractivity contribution in [1.82, 2.24) is 14.9 Å². The maximum atomic E-state index is 12.6.